The van der Waals surface area contributed by atoms with E-state index in [1.165, 1.54) is 17.8 Å². The summed E-state index contributed by atoms with van der Waals surface area (Å²) in [5.41, 5.74) is 3.48. The van der Waals surface area contributed by atoms with Gasteiger partial charge in [-0.2, -0.15) is 0 Å². The van der Waals surface area contributed by atoms with Crippen molar-refractivity contribution in [2.75, 3.05) is 0 Å². The van der Waals surface area contributed by atoms with Crippen LogP contribution in [0.1, 0.15) is 36.3 Å². The number of aromatic nitrogens is 2. The quantitative estimate of drug-likeness (QED) is 0.561. The number of hydrogen-bond donors (Lipinski definition) is 0. The van der Waals surface area contributed by atoms with E-state index >= 15 is 0 Å². The van der Waals surface area contributed by atoms with E-state index in [9.17, 15) is 0 Å². The van der Waals surface area contributed by atoms with Crippen LogP contribution in [0.25, 0.3) is 0 Å². The summed E-state index contributed by atoms with van der Waals surface area (Å²) in [6.45, 7) is 4.22. The van der Waals surface area contributed by atoms with Crippen LogP contribution in [0.5, 0.6) is 0 Å². The lowest BCUT2D eigenvalue weighted by Crippen LogP contribution is -1.96. The number of rotatable bonds is 0. The van der Waals surface area contributed by atoms with Gasteiger partial charge in [0.2, 0.25) is 0 Å². The van der Waals surface area contributed by atoms with E-state index in [2.05, 4.69) is 16.9 Å². The molecular formula is C9H12N2. The van der Waals surface area contributed by atoms with Crippen molar-refractivity contribution in [2.45, 2.75) is 32.6 Å². The third-order valence-corrected chi connectivity index (χ3v) is 2.28. The minimum Gasteiger partial charge on any atom is -0.258 e. The van der Waals surface area contributed by atoms with E-state index in [0.29, 0.717) is 5.92 Å². The van der Waals surface area contributed by atoms with Gasteiger partial charge in [0.05, 0.1) is 17.1 Å². The maximum atomic E-state index is 4.47. The Morgan fingerprint density at radius 2 is 2.36 bits per heavy atom. The second-order valence-electron chi connectivity index (χ2n) is 3.28. The standard InChI is InChI=1S/C9H12N2/c1-6-3-4-8-9(6)11-7(2)5-10-8/h5-6H,3-4H2,1-2H3/t6-/m0/s1. The van der Waals surface area contributed by atoms with E-state index in [1.807, 2.05) is 13.1 Å². The van der Waals surface area contributed by atoms with Crippen molar-refractivity contribution in [1.82, 2.24) is 9.97 Å². The largest absolute Gasteiger partial charge is 0.258 e. The predicted molar refractivity (Wildman–Crippen MR) is 43.5 cm³/mol. The summed E-state index contributed by atoms with van der Waals surface area (Å²) >= 11 is 0. The molecule has 1 aromatic heterocycles. The molecule has 1 aliphatic rings. The Bertz CT molecular complexity index is 281. The first kappa shape index (κ1) is 6.77. The van der Waals surface area contributed by atoms with Gasteiger partial charge in [0.15, 0.2) is 0 Å². The lowest BCUT2D eigenvalue weighted by Gasteiger charge is -2.02. The Morgan fingerprint density at radius 1 is 1.55 bits per heavy atom. The maximum absolute atomic E-state index is 4.47. The van der Waals surface area contributed by atoms with Gasteiger partial charge in [-0.1, -0.05) is 6.92 Å². The fourth-order valence-electron chi connectivity index (χ4n) is 1.60. The molecule has 58 valence electrons. The SMILES string of the molecule is Cc1cnc2c(n1)[C@@H](C)CC2. The number of hydrogen-bond acceptors (Lipinski definition) is 2. The van der Waals surface area contributed by atoms with Crippen LogP contribution in [0.15, 0.2) is 6.20 Å². The van der Waals surface area contributed by atoms with E-state index in [1.54, 1.807) is 0 Å². The molecule has 0 radical (unpaired) electrons. The molecule has 1 aliphatic carbocycles. The van der Waals surface area contributed by atoms with E-state index in [0.717, 1.165) is 12.1 Å². The third kappa shape index (κ3) is 1.02. The molecule has 0 saturated carbocycles. The molecule has 0 aliphatic heterocycles. The number of aryl methyl sites for hydroxylation is 2. The highest BCUT2D eigenvalue weighted by atomic mass is 14.8. The fourth-order valence-corrected chi connectivity index (χ4v) is 1.60. The first-order valence-corrected chi connectivity index (χ1v) is 4.10. The monoisotopic (exact) mass is 148 g/mol. The van der Waals surface area contributed by atoms with Gasteiger partial charge < -0.3 is 0 Å². The zero-order valence-corrected chi connectivity index (χ0v) is 6.96. The molecule has 0 fully saturated rings. The summed E-state index contributed by atoms with van der Waals surface area (Å²) in [5, 5.41) is 0. The van der Waals surface area contributed by atoms with Gasteiger partial charge in [-0.25, -0.2) is 0 Å². The summed E-state index contributed by atoms with van der Waals surface area (Å²) in [7, 11) is 0. The second kappa shape index (κ2) is 2.29. The van der Waals surface area contributed by atoms with Crippen LogP contribution in [0.4, 0.5) is 0 Å². The molecule has 2 rings (SSSR count). The number of fused-ring (bicyclic) bond motifs is 1. The van der Waals surface area contributed by atoms with Crippen molar-refractivity contribution >= 4 is 0 Å². The van der Waals surface area contributed by atoms with Crippen LogP contribution in [0.2, 0.25) is 0 Å². The molecule has 0 N–H and O–H groups in total. The van der Waals surface area contributed by atoms with Crippen molar-refractivity contribution in [1.29, 1.82) is 0 Å². The van der Waals surface area contributed by atoms with Gasteiger partial charge >= 0.3 is 0 Å². The topological polar surface area (TPSA) is 25.8 Å². The Hall–Kier alpha value is -0.920. The van der Waals surface area contributed by atoms with Gasteiger partial charge in [-0.15, -0.1) is 0 Å². The van der Waals surface area contributed by atoms with Crippen molar-refractivity contribution in [2.24, 2.45) is 0 Å². The molecule has 0 spiro atoms. The normalized spacial score (nSPS) is 21.8. The first-order chi connectivity index (χ1) is 5.27. The van der Waals surface area contributed by atoms with Crippen LogP contribution in [-0.2, 0) is 6.42 Å². The highest BCUT2D eigenvalue weighted by Crippen LogP contribution is 2.28. The van der Waals surface area contributed by atoms with Crippen LogP contribution in [0, 0.1) is 6.92 Å². The minimum atomic E-state index is 0.623. The summed E-state index contributed by atoms with van der Waals surface area (Å²) in [6, 6.07) is 0. The summed E-state index contributed by atoms with van der Waals surface area (Å²) in [4.78, 5) is 8.82. The predicted octanol–water partition coefficient (Wildman–Crippen LogP) is 1.83. The molecule has 0 unspecified atom stereocenters. The van der Waals surface area contributed by atoms with Crippen molar-refractivity contribution < 1.29 is 0 Å². The van der Waals surface area contributed by atoms with Crippen LogP contribution >= 0.6 is 0 Å². The zero-order chi connectivity index (χ0) is 7.84. The van der Waals surface area contributed by atoms with Crippen molar-refractivity contribution in [3.8, 4) is 0 Å². The zero-order valence-electron chi connectivity index (χ0n) is 6.96. The molecule has 0 aromatic carbocycles. The van der Waals surface area contributed by atoms with Gasteiger partial charge in [0, 0.05) is 12.1 Å². The summed E-state index contributed by atoms with van der Waals surface area (Å²) in [5.74, 6) is 0.623. The Morgan fingerprint density at radius 3 is 3.18 bits per heavy atom. The molecule has 0 amide bonds. The van der Waals surface area contributed by atoms with E-state index < -0.39 is 0 Å². The molecular weight excluding hydrogens is 136 g/mol. The van der Waals surface area contributed by atoms with Crippen LogP contribution in [0.3, 0.4) is 0 Å². The highest BCUT2D eigenvalue weighted by molar-refractivity contribution is 5.22. The molecule has 2 heteroatoms. The Balaban J connectivity index is 2.52. The Kier molecular flexibility index (Phi) is 1.41. The van der Waals surface area contributed by atoms with Gasteiger partial charge in [0.1, 0.15) is 0 Å². The fraction of sp³-hybridized carbons (Fsp3) is 0.556. The third-order valence-electron chi connectivity index (χ3n) is 2.28. The van der Waals surface area contributed by atoms with Crippen LogP contribution in [-0.4, -0.2) is 9.97 Å². The molecule has 1 aromatic rings. The van der Waals surface area contributed by atoms with Gasteiger partial charge in [-0.05, 0) is 19.8 Å². The summed E-state index contributed by atoms with van der Waals surface area (Å²) in [6.07, 6.45) is 4.19. The van der Waals surface area contributed by atoms with Crippen molar-refractivity contribution in [3.63, 3.8) is 0 Å². The second-order valence-corrected chi connectivity index (χ2v) is 3.28. The first-order valence-electron chi connectivity index (χ1n) is 4.10. The molecule has 2 nitrogen and oxygen atoms in total. The number of nitrogens with zero attached hydrogens (tertiary/aromatic N) is 2. The maximum Gasteiger partial charge on any atom is 0.0650 e. The molecule has 1 atom stereocenters. The van der Waals surface area contributed by atoms with Crippen molar-refractivity contribution in [3.05, 3.63) is 23.3 Å². The molecule has 0 saturated heterocycles. The Labute approximate surface area is 66.7 Å². The van der Waals surface area contributed by atoms with Gasteiger partial charge in [-0.3, -0.25) is 9.97 Å². The lowest BCUT2D eigenvalue weighted by molar-refractivity contribution is 0.729. The van der Waals surface area contributed by atoms with Crippen LogP contribution < -0.4 is 0 Å². The van der Waals surface area contributed by atoms with E-state index in [-0.39, 0.29) is 0 Å². The molecule has 0 bridgehead atoms. The molecule has 11 heavy (non-hydrogen) atoms. The van der Waals surface area contributed by atoms with E-state index in [4.69, 9.17) is 0 Å². The average Bonchev–Trinajstić information content (AvgIpc) is 2.33. The van der Waals surface area contributed by atoms with Gasteiger partial charge in [0.25, 0.3) is 0 Å². The lowest BCUT2D eigenvalue weighted by atomic mass is 10.1. The average molecular weight is 148 g/mol. The summed E-state index contributed by atoms with van der Waals surface area (Å²) < 4.78 is 0. The highest BCUT2D eigenvalue weighted by Gasteiger charge is 2.20. The minimum absolute atomic E-state index is 0.623. The smallest absolute Gasteiger partial charge is 0.0650 e. The molecule has 1 heterocycles.